The zero-order valence-corrected chi connectivity index (χ0v) is 27.3. The molecule has 1 heterocycles. The van der Waals surface area contributed by atoms with E-state index in [1.165, 1.54) is 43.4 Å². The number of nitrogens with zero attached hydrogens (tertiary/aromatic N) is 1. The quantitative estimate of drug-likeness (QED) is 0.175. The molecule has 0 aliphatic carbocycles. The van der Waals surface area contributed by atoms with Gasteiger partial charge in [-0.05, 0) is 86.1 Å². The number of rotatable bonds is 5. The summed E-state index contributed by atoms with van der Waals surface area (Å²) in [5.74, 6) is 0. The van der Waals surface area contributed by atoms with E-state index in [1.807, 2.05) is 12.1 Å². The van der Waals surface area contributed by atoms with Gasteiger partial charge in [0, 0.05) is 33.1 Å². The van der Waals surface area contributed by atoms with Gasteiger partial charge in [-0.2, -0.15) is 0 Å². The molecule has 2 nitrogen and oxygen atoms in total. The predicted octanol–water partition coefficient (Wildman–Crippen LogP) is 13.8. The van der Waals surface area contributed by atoms with Crippen molar-refractivity contribution in [3.05, 3.63) is 188 Å². The Labute approximate surface area is 290 Å². The third kappa shape index (κ3) is 4.65. The second-order valence-electron chi connectivity index (χ2n) is 12.9. The molecule has 0 aliphatic rings. The Bertz CT molecular complexity index is 2870. The van der Waals surface area contributed by atoms with Gasteiger partial charge in [0.2, 0.25) is 0 Å². The third-order valence-corrected chi connectivity index (χ3v) is 10.0. The fourth-order valence-corrected chi connectivity index (χ4v) is 7.61. The second kappa shape index (κ2) is 11.5. The molecule has 0 bridgehead atoms. The van der Waals surface area contributed by atoms with Crippen molar-refractivity contribution in [1.29, 1.82) is 0 Å². The molecule has 50 heavy (non-hydrogen) atoms. The summed E-state index contributed by atoms with van der Waals surface area (Å²) in [5, 5.41) is 9.76. The van der Waals surface area contributed by atoms with Crippen molar-refractivity contribution in [2.45, 2.75) is 0 Å². The highest BCUT2D eigenvalue weighted by Gasteiger charge is 2.18. The van der Waals surface area contributed by atoms with Crippen LogP contribution < -0.4 is 4.90 Å². The van der Waals surface area contributed by atoms with Gasteiger partial charge in [-0.1, -0.05) is 146 Å². The molecule has 0 fully saturated rings. The van der Waals surface area contributed by atoms with Crippen LogP contribution in [0.3, 0.4) is 0 Å². The first kappa shape index (κ1) is 28.4. The average Bonchev–Trinajstić information content (AvgIpc) is 3.57. The van der Waals surface area contributed by atoms with Gasteiger partial charge in [0.15, 0.2) is 0 Å². The van der Waals surface area contributed by atoms with Gasteiger partial charge in [-0.15, -0.1) is 0 Å². The lowest BCUT2D eigenvalue weighted by molar-refractivity contribution is 0.670. The molecule has 1 aromatic heterocycles. The van der Waals surface area contributed by atoms with Gasteiger partial charge in [-0.25, -0.2) is 0 Å². The average molecular weight is 638 g/mol. The summed E-state index contributed by atoms with van der Waals surface area (Å²) in [4.78, 5) is 2.38. The highest BCUT2D eigenvalue weighted by Crippen LogP contribution is 2.42. The van der Waals surface area contributed by atoms with Gasteiger partial charge < -0.3 is 9.32 Å². The van der Waals surface area contributed by atoms with Crippen molar-refractivity contribution < 1.29 is 4.42 Å². The second-order valence-corrected chi connectivity index (χ2v) is 12.9. The lowest BCUT2D eigenvalue weighted by Gasteiger charge is -2.27. The predicted molar refractivity (Wildman–Crippen MR) is 212 cm³/mol. The lowest BCUT2D eigenvalue weighted by Crippen LogP contribution is -2.10. The smallest absolute Gasteiger partial charge is 0.143 e. The fraction of sp³-hybridized carbons (Fsp3) is 0. The zero-order chi connectivity index (χ0) is 33.0. The van der Waals surface area contributed by atoms with E-state index < -0.39 is 0 Å². The summed E-state index contributed by atoms with van der Waals surface area (Å²) < 4.78 is 6.40. The molecule has 0 N–H and O–H groups in total. The van der Waals surface area contributed by atoms with Crippen molar-refractivity contribution in [2.24, 2.45) is 0 Å². The van der Waals surface area contributed by atoms with Crippen molar-refractivity contribution in [1.82, 2.24) is 0 Å². The van der Waals surface area contributed by atoms with Crippen LogP contribution in [0.4, 0.5) is 17.1 Å². The molecule has 10 rings (SSSR count). The highest BCUT2D eigenvalue weighted by molar-refractivity contribution is 6.10. The first-order valence-electron chi connectivity index (χ1n) is 17.1. The van der Waals surface area contributed by atoms with E-state index in [1.54, 1.807) is 0 Å². The van der Waals surface area contributed by atoms with Gasteiger partial charge in [0.05, 0.1) is 5.69 Å². The maximum absolute atomic E-state index is 6.40. The number of hydrogen-bond donors (Lipinski definition) is 0. The number of para-hydroxylation sites is 2. The van der Waals surface area contributed by atoms with Crippen molar-refractivity contribution in [3.63, 3.8) is 0 Å². The Balaban J connectivity index is 1.10. The minimum Gasteiger partial charge on any atom is -0.455 e. The molecule has 0 aliphatic heterocycles. The van der Waals surface area contributed by atoms with Crippen LogP contribution >= 0.6 is 0 Å². The summed E-state index contributed by atoms with van der Waals surface area (Å²) in [5.41, 5.74) is 9.74. The van der Waals surface area contributed by atoms with Crippen LogP contribution in [0.5, 0.6) is 0 Å². The monoisotopic (exact) mass is 637 g/mol. The van der Waals surface area contributed by atoms with Crippen molar-refractivity contribution in [3.8, 4) is 22.3 Å². The minimum absolute atomic E-state index is 0.911. The lowest BCUT2D eigenvalue weighted by atomic mass is 9.97. The zero-order valence-electron chi connectivity index (χ0n) is 27.3. The normalized spacial score (nSPS) is 11.6. The largest absolute Gasteiger partial charge is 0.455 e. The maximum atomic E-state index is 6.40. The van der Waals surface area contributed by atoms with Crippen LogP contribution in [0, 0.1) is 0 Å². The van der Waals surface area contributed by atoms with Crippen LogP contribution in [-0.2, 0) is 0 Å². The van der Waals surface area contributed by atoms with E-state index in [0.29, 0.717) is 0 Å². The van der Waals surface area contributed by atoms with Crippen LogP contribution in [0.25, 0.3) is 76.5 Å². The van der Waals surface area contributed by atoms with Crippen LogP contribution in [-0.4, -0.2) is 0 Å². The Morgan fingerprint density at radius 2 is 0.960 bits per heavy atom. The third-order valence-electron chi connectivity index (χ3n) is 10.0. The van der Waals surface area contributed by atoms with Gasteiger partial charge >= 0.3 is 0 Å². The standard InChI is InChI=1S/C48H31NO/c1-3-15-40-33(11-1)22-23-37-30-36(26-29-41(37)40)35-13-7-14-39(31-35)49(46-20-8-12-32-10-2-4-16-42(32)46)38-27-24-34(25-28-38)43-18-9-19-45-44-17-5-6-21-47(44)50-48(43)45/h1-31H. The molecule has 0 radical (unpaired) electrons. The van der Waals surface area contributed by atoms with E-state index in [9.17, 15) is 0 Å². The first-order chi connectivity index (χ1) is 24.8. The molecule has 0 saturated heterocycles. The Morgan fingerprint density at radius 3 is 1.84 bits per heavy atom. The van der Waals surface area contributed by atoms with Gasteiger partial charge in [0.25, 0.3) is 0 Å². The van der Waals surface area contributed by atoms with Crippen LogP contribution in [0.2, 0.25) is 0 Å². The molecule has 2 heteroatoms. The first-order valence-corrected chi connectivity index (χ1v) is 17.1. The fourth-order valence-electron chi connectivity index (χ4n) is 7.61. The highest BCUT2D eigenvalue weighted by atomic mass is 16.3. The number of hydrogen-bond acceptors (Lipinski definition) is 2. The van der Waals surface area contributed by atoms with Crippen molar-refractivity contribution >= 4 is 71.3 Å². The summed E-state index contributed by atoms with van der Waals surface area (Å²) >= 11 is 0. The molecule has 0 spiro atoms. The van der Waals surface area contributed by atoms with Crippen LogP contribution in [0.15, 0.2) is 192 Å². The molecule has 234 valence electrons. The van der Waals surface area contributed by atoms with E-state index in [4.69, 9.17) is 4.42 Å². The van der Waals surface area contributed by atoms with Gasteiger partial charge in [-0.3, -0.25) is 0 Å². The molecule has 9 aromatic carbocycles. The number of anilines is 3. The molecular weight excluding hydrogens is 607 g/mol. The van der Waals surface area contributed by atoms with E-state index in [0.717, 1.165) is 50.1 Å². The molecule has 0 atom stereocenters. The van der Waals surface area contributed by atoms with E-state index >= 15 is 0 Å². The Morgan fingerprint density at radius 1 is 0.340 bits per heavy atom. The SMILES string of the molecule is c1cc(-c2ccc3c(ccc4ccccc43)c2)cc(N(c2ccc(-c3cccc4c3oc3ccccc34)cc2)c2cccc3ccccc23)c1. The summed E-state index contributed by atoms with van der Waals surface area (Å²) in [6.45, 7) is 0. The molecule has 0 saturated carbocycles. The Hall–Kier alpha value is -6.64. The van der Waals surface area contributed by atoms with E-state index in [-0.39, 0.29) is 0 Å². The molecule has 10 aromatic rings. The van der Waals surface area contributed by atoms with E-state index in [2.05, 4.69) is 181 Å². The summed E-state index contributed by atoms with van der Waals surface area (Å²) in [6, 6.07) is 67.6. The Kier molecular flexibility index (Phi) is 6.53. The molecule has 0 unspecified atom stereocenters. The number of fused-ring (bicyclic) bond motifs is 7. The summed E-state index contributed by atoms with van der Waals surface area (Å²) in [6.07, 6.45) is 0. The van der Waals surface area contributed by atoms with Crippen LogP contribution in [0.1, 0.15) is 0 Å². The van der Waals surface area contributed by atoms with Gasteiger partial charge in [0.1, 0.15) is 11.2 Å². The topological polar surface area (TPSA) is 16.4 Å². The summed E-state index contributed by atoms with van der Waals surface area (Å²) in [7, 11) is 0. The minimum atomic E-state index is 0.911. The number of benzene rings is 9. The molecular formula is C48H31NO. The molecule has 0 amide bonds. The maximum Gasteiger partial charge on any atom is 0.143 e. The number of furan rings is 1. The van der Waals surface area contributed by atoms with Crippen molar-refractivity contribution in [2.75, 3.05) is 4.90 Å².